The summed E-state index contributed by atoms with van der Waals surface area (Å²) in [5, 5.41) is 0. The van der Waals surface area contributed by atoms with E-state index in [2.05, 4.69) is 18.4 Å². The normalized spacial score (nSPS) is 31.7. The third-order valence-electron chi connectivity index (χ3n) is 3.69. The first-order valence-electron chi connectivity index (χ1n) is 5.99. The molecule has 2 aliphatic rings. The Morgan fingerprint density at radius 1 is 1.38 bits per heavy atom. The van der Waals surface area contributed by atoms with Crippen molar-refractivity contribution in [2.45, 2.75) is 25.4 Å². The summed E-state index contributed by atoms with van der Waals surface area (Å²) < 4.78 is 5.35. The fourth-order valence-corrected chi connectivity index (χ4v) is 2.75. The molecule has 1 amide bonds. The number of morpholine rings is 1. The SMILES string of the molecule is C=CC(=O)N1CC[C@@H](N2CCOCC2)[C@H]1C. The van der Waals surface area contributed by atoms with Gasteiger partial charge in [0, 0.05) is 31.7 Å². The monoisotopic (exact) mass is 224 g/mol. The lowest BCUT2D eigenvalue weighted by Crippen LogP contribution is -2.49. The van der Waals surface area contributed by atoms with Crippen LogP contribution in [-0.4, -0.2) is 60.6 Å². The number of ether oxygens (including phenoxy) is 1. The Balaban J connectivity index is 1.97. The van der Waals surface area contributed by atoms with Gasteiger partial charge in [-0.15, -0.1) is 0 Å². The van der Waals surface area contributed by atoms with Gasteiger partial charge in [-0.05, 0) is 19.4 Å². The smallest absolute Gasteiger partial charge is 0.246 e. The Hall–Kier alpha value is -0.870. The van der Waals surface area contributed by atoms with Gasteiger partial charge in [-0.1, -0.05) is 6.58 Å². The Kier molecular flexibility index (Phi) is 3.61. The quantitative estimate of drug-likeness (QED) is 0.640. The van der Waals surface area contributed by atoms with Crippen LogP contribution >= 0.6 is 0 Å². The molecular weight excluding hydrogens is 204 g/mol. The summed E-state index contributed by atoms with van der Waals surface area (Å²) in [5.41, 5.74) is 0. The summed E-state index contributed by atoms with van der Waals surface area (Å²) in [5.74, 6) is 0.0586. The van der Waals surface area contributed by atoms with Gasteiger partial charge in [0.1, 0.15) is 0 Å². The van der Waals surface area contributed by atoms with Crippen LogP contribution < -0.4 is 0 Å². The van der Waals surface area contributed by atoms with Crippen LogP contribution in [0.25, 0.3) is 0 Å². The molecule has 0 saturated carbocycles. The van der Waals surface area contributed by atoms with E-state index in [9.17, 15) is 4.79 Å². The maximum Gasteiger partial charge on any atom is 0.246 e. The number of likely N-dealkylation sites (tertiary alicyclic amines) is 1. The zero-order chi connectivity index (χ0) is 11.5. The van der Waals surface area contributed by atoms with Crippen LogP contribution in [0.4, 0.5) is 0 Å². The Morgan fingerprint density at radius 2 is 2.06 bits per heavy atom. The standard InChI is InChI=1S/C12H20N2O2/c1-3-12(15)14-5-4-11(10(14)2)13-6-8-16-9-7-13/h3,10-11H,1,4-9H2,2H3/t10-,11-/m1/s1. The first-order valence-corrected chi connectivity index (χ1v) is 5.99. The van der Waals surface area contributed by atoms with Gasteiger partial charge in [-0.25, -0.2) is 0 Å². The topological polar surface area (TPSA) is 32.8 Å². The molecule has 0 aromatic rings. The maximum absolute atomic E-state index is 11.6. The minimum atomic E-state index is 0.0586. The van der Waals surface area contributed by atoms with Crippen LogP contribution in [0.1, 0.15) is 13.3 Å². The first-order chi connectivity index (χ1) is 7.74. The highest BCUT2D eigenvalue weighted by Gasteiger charge is 2.36. The number of hydrogen-bond acceptors (Lipinski definition) is 3. The molecule has 0 N–H and O–H groups in total. The van der Waals surface area contributed by atoms with Crippen molar-refractivity contribution in [2.24, 2.45) is 0 Å². The Morgan fingerprint density at radius 3 is 2.69 bits per heavy atom. The lowest BCUT2D eigenvalue weighted by Gasteiger charge is -2.35. The second-order valence-electron chi connectivity index (χ2n) is 4.48. The lowest BCUT2D eigenvalue weighted by molar-refractivity contribution is -0.127. The van der Waals surface area contributed by atoms with Gasteiger partial charge in [0.05, 0.1) is 13.2 Å². The molecule has 0 bridgehead atoms. The third kappa shape index (κ3) is 2.13. The minimum Gasteiger partial charge on any atom is -0.379 e. The van der Waals surface area contributed by atoms with E-state index in [1.54, 1.807) is 0 Å². The van der Waals surface area contributed by atoms with Gasteiger partial charge in [0.2, 0.25) is 5.91 Å². The fraction of sp³-hybridized carbons (Fsp3) is 0.750. The number of carbonyl (C=O) groups is 1. The number of amides is 1. The largest absolute Gasteiger partial charge is 0.379 e. The van der Waals surface area contributed by atoms with Crippen LogP contribution in [0.2, 0.25) is 0 Å². The predicted molar refractivity (Wildman–Crippen MR) is 62.2 cm³/mol. The summed E-state index contributed by atoms with van der Waals surface area (Å²) in [7, 11) is 0. The van der Waals surface area contributed by atoms with Crippen molar-refractivity contribution >= 4 is 5.91 Å². The molecular formula is C12H20N2O2. The lowest BCUT2D eigenvalue weighted by atomic mass is 10.1. The predicted octanol–water partition coefficient (Wildman–Crippen LogP) is 0.494. The zero-order valence-corrected chi connectivity index (χ0v) is 9.89. The molecule has 0 radical (unpaired) electrons. The summed E-state index contributed by atoms with van der Waals surface area (Å²) >= 11 is 0. The van der Waals surface area contributed by atoms with Crippen LogP contribution in [0.5, 0.6) is 0 Å². The molecule has 2 atom stereocenters. The van der Waals surface area contributed by atoms with E-state index in [1.165, 1.54) is 6.08 Å². The summed E-state index contributed by atoms with van der Waals surface area (Å²) in [4.78, 5) is 16.0. The highest BCUT2D eigenvalue weighted by Crippen LogP contribution is 2.23. The van der Waals surface area contributed by atoms with E-state index in [0.717, 1.165) is 39.3 Å². The van der Waals surface area contributed by atoms with E-state index < -0.39 is 0 Å². The molecule has 2 heterocycles. The van der Waals surface area contributed by atoms with Crippen molar-refractivity contribution in [3.05, 3.63) is 12.7 Å². The second kappa shape index (κ2) is 4.97. The van der Waals surface area contributed by atoms with E-state index in [1.807, 2.05) is 4.90 Å². The van der Waals surface area contributed by atoms with Gasteiger partial charge in [-0.3, -0.25) is 9.69 Å². The van der Waals surface area contributed by atoms with Crippen LogP contribution in [0.15, 0.2) is 12.7 Å². The molecule has 0 aromatic carbocycles. The van der Waals surface area contributed by atoms with Crippen LogP contribution in [0.3, 0.4) is 0 Å². The highest BCUT2D eigenvalue weighted by atomic mass is 16.5. The summed E-state index contributed by atoms with van der Waals surface area (Å²) in [6.07, 6.45) is 2.49. The van der Waals surface area contributed by atoms with Crippen molar-refractivity contribution < 1.29 is 9.53 Å². The number of rotatable bonds is 2. The zero-order valence-electron chi connectivity index (χ0n) is 9.89. The van der Waals surface area contributed by atoms with Crippen molar-refractivity contribution in [3.8, 4) is 0 Å². The van der Waals surface area contributed by atoms with Crippen molar-refractivity contribution in [1.29, 1.82) is 0 Å². The van der Waals surface area contributed by atoms with Gasteiger partial charge in [-0.2, -0.15) is 0 Å². The fourth-order valence-electron chi connectivity index (χ4n) is 2.75. The maximum atomic E-state index is 11.6. The molecule has 0 aliphatic carbocycles. The molecule has 0 unspecified atom stereocenters. The van der Waals surface area contributed by atoms with Crippen molar-refractivity contribution in [1.82, 2.24) is 9.80 Å². The third-order valence-corrected chi connectivity index (χ3v) is 3.69. The molecule has 2 aliphatic heterocycles. The average molecular weight is 224 g/mol. The minimum absolute atomic E-state index is 0.0586. The van der Waals surface area contributed by atoms with E-state index >= 15 is 0 Å². The van der Waals surface area contributed by atoms with Gasteiger partial charge in [0.25, 0.3) is 0 Å². The van der Waals surface area contributed by atoms with Crippen LogP contribution in [-0.2, 0) is 9.53 Å². The van der Waals surface area contributed by atoms with Gasteiger partial charge in [0.15, 0.2) is 0 Å². The van der Waals surface area contributed by atoms with Gasteiger partial charge < -0.3 is 9.64 Å². The summed E-state index contributed by atoms with van der Waals surface area (Å²) in [6.45, 7) is 10.2. The summed E-state index contributed by atoms with van der Waals surface area (Å²) in [6, 6.07) is 0.788. The Bertz CT molecular complexity index is 274. The van der Waals surface area contributed by atoms with Crippen molar-refractivity contribution in [2.75, 3.05) is 32.8 Å². The average Bonchev–Trinajstić information content (AvgIpc) is 2.71. The molecule has 16 heavy (non-hydrogen) atoms. The molecule has 0 aromatic heterocycles. The number of hydrogen-bond donors (Lipinski definition) is 0. The number of nitrogens with zero attached hydrogens (tertiary/aromatic N) is 2. The van der Waals surface area contributed by atoms with E-state index in [-0.39, 0.29) is 5.91 Å². The molecule has 2 saturated heterocycles. The van der Waals surface area contributed by atoms with Crippen LogP contribution in [0, 0.1) is 0 Å². The highest BCUT2D eigenvalue weighted by molar-refractivity contribution is 5.87. The van der Waals surface area contributed by atoms with Crippen molar-refractivity contribution in [3.63, 3.8) is 0 Å². The Labute approximate surface area is 96.8 Å². The molecule has 2 rings (SSSR count). The molecule has 4 heteroatoms. The van der Waals surface area contributed by atoms with E-state index in [0.29, 0.717) is 12.1 Å². The van der Waals surface area contributed by atoms with Gasteiger partial charge >= 0.3 is 0 Å². The number of carbonyl (C=O) groups excluding carboxylic acids is 1. The molecule has 90 valence electrons. The molecule has 0 spiro atoms. The van der Waals surface area contributed by atoms with E-state index in [4.69, 9.17) is 4.74 Å². The molecule has 4 nitrogen and oxygen atoms in total. The second-order valence-corrected chi connectivity index (χ2v) is 4.48. The molecule has 2 fully saturated rings. The first kappa shape index (κ1) is 11.6.